The fraction of sp³-hybridized carbons (Fsp3) is 0.182. The Morgan fingerprint density at radius 3 is 2.50 bits per heavy atom. The van der Waals surface area contributed by atoms with Crippen LogP contribution in [0.1, 0.15) is 10.4 Å². The van der Waals surface area contributed by atoms with Crippen LogP contribution < -0.4 is 4.90 Å². The molecule has 140 valence electrons. The van der Waals surface area contributed by atoms with E-state index in [1.54, 1.807) is 0 Å². The van der Waals surface area contributed by atoms with Crippen molar-refractivity contribution in [1.82, 2.24) is 20.1 Å². The molecule has 1 fully saturated rings. The van der Waals surface area contributed by atoms with Gasteiger partial charge in [0.25, 0.3) is 5.91 Å². The second-order valence-electron chi connectivity index (χ2n) is 7.03. The third-order valence-electron chi connectivity index (χ3n) is 5.36. The van der Waals surface area contributed by atoms with Gasteiger partial charge in [-0.15, -0.1) is 0 Å². The SMILES string of the molecule is O=C(c1c[nH]c2ccccc12)N1CCN(c2cc(-c3ccccc3)[nH]n2)CC1. The maximum atomic E-state index is 13.0. The van der Waals surface area contributed by atoms with Crippen LogP contribution in [-0.2, 0) is 0 Å². The number of anilines is 1. The predicted octanol–water partition coefficient (Wildman–Crippen LogP) is 3.52. The molecular weight excluding hydrogens is 350 g/mol. The lowest BCUT2D eigenvalue weighted by molar-refractivity contribution is 0.0748. The van der Waals surface area contributed by atoms with Gasteiger partial charge < -0.3 is 14.8 Å². The Kier molecular flexibility index (Phi) is 4.09. The summed E-state index contributed by atoms with van der Waals surface area (Å²) in [6.07, 6.45) is 1.82. The molecular formula is C22H21N5O. The first-order valence-electron chi connectivity index (χ1n) is 9.51. The molecule has 1 aliphatic rings. The van der Waals surface area contributed by atoms with Crippen LogP contribution in [0, 0.1) is 0 Å². The molecule has 0 unspecified atom stereocenters. The fourth-order valence-corrected chi connectivity index (χ4v) is 3.80. The smallest absolute Gasteiger partial charge is 0.256 e. The highest BCUT2D eigenvalue weighted by molar-refractivity contribution is 6.06. The molecule has 0 atom stereocenters. The zero-order valence-electron chi connectivity index (χ0n) is 15.4. The molecule has 5 rings (SSSR count). The van der Waals surface area contributed by atoms with Crippen LogP contribution >= 0.6 is 0 Å². The van der Waals surface area contributed by atoms with Gasteiger partial charge in [0, 0.05) is 49.3 Å². The molecule has 28 heavy (non-hydrogen) atoms. The van der Waals surface area contributed by atoms with Crippen molar-refractivity contribution in [3.63, 3.8) is 0 Å². The van der Waals surface area contributed by atoms with Crippen molar-refractivity contribution in [1.29, 1.82) is 0 Å². The van der Waals surface area contributed by atoms with Crippen molar-refractivity contribution >= 4 is 22.6 Å². The van der Waals surface area contributed by atoms with Crippen LogP contribution in [-0.4, -0.2) is 52.2 Å². The first-order valence-corrected chi connectivity index (χ1v) is 9.51. The second-order valence-corrected chi connectivity index (χ2v) is 7.03. The first-order chi connectivity index (χ1) is 13.8. The monoisotopic (exact) mass is 371 g/mol. The zero-order valence-corrected chi connectivity index (χ0v) is 15.4. The average molecular weight is 371 g/mol. The summed E-state index contributed by atoms with van der Waals surface area (Å²) in [5, 5.41) is 8.57. The number of nitrogens with zero attached hydrogens (tertiary/aromatic N) is 3. The lowest BCUT2D eigenvalue weighted by Gasteiger charge is -2.34. The topological polar surface area (TPSA) is 68.0 Å². The average Bonchev–Trinajstić information content (AvgIpc) is 3.42. The fourth-order valence-electron chi connectivity index (χ4n) is 3.80. The molecule has 2 N–H and O–H groups in total. The van der Waals surface area contributed by atoms with Gasteiger partial charge in [-0.1, -0.05) is 48.5 Å². The largest absolute Gasteiger partial charge is 0.360 e. The van der Waals surface area contributed by atoms with Crippen LogP contribution in [0.5, 0.6) is 0 Å². The van der Waals surface area contributed by atoms with Gasteiger partial charge in [-0.2, -0.15) is 5.10 Å². The third kappa shape index (κ3) is 2.93. The van der Waals surface area contributed by atoms with Gasteiger partial charge in [-0.3, -0.25) is 9.89 Å². The molecule has 1 amide bonds. The number of fused-ring (bicyclic) bond motifs is 1. The molecule has 0 saturated carbocycles. The number of piperazine rings is 1. The number of hydrogen-bond acceptors (Lipinski definition) is 3. The second kappa shape index (κ2) is 6.88. The number of aromatic nitrogens is 3. The molecule has 0 bridgehead atoms. The molecule has 0 spiro atoms. The van der Waals surface area contributed by atoms with Crippen molar-refractivity contribution in [3.8, 4) is 11.3 Å². The Morgan fingerprint density at radius 2 is 1.68 bits per heavy atom. The maximum Gasteiger partial charge on any atom is 0.256 e. The number of nitrogens with one attached hydrogen (secondary N) is 2. The van der Waals surface area contributed by atoms with Crippen molar-refractivity contribution in [2.75, 3.05) is 31.1 Å². The lowest BCUT2D eigenvalue weighted by Crippen LogP contribution is -2.48. The Labute approximate surface area is 162 Å². The normalized spacial score (nSPS) is 14.6. The molecule has 2 aromatic carbocycles. The van der Waals surface area contributed by atoms with E-state index in [1.807, 2.05) is 53.6 Å². The molecule has 1 saturated heterocycles. The number of para-hydroxylation sites is 1. The maximum absolute atomic E-state index is 13.0. The minimum atomic E-state index is 0.0871. The van der Waals surface area contributed by atoms with Crippen LogP contribution in [0.3, 0.4) is 0 Å². The summed E-state index contributed by atoms with van der Waals surface area (Å²) in [6.45, 7) is 2.91. The number of amides is 1. The van der Waals surface area contributed by atoms with Gasteiger partial charge in [0.15, 0.2) is 5.82 Å². The number of carbonyl (C=O) groups excluding carboxylic acids is 1. The van der Waals surface area contributed by atoms with Gasteiger partial charge >= 0.3 is 0 Å². The number of carbonyl (C=O) groups is 1. The number of aromatic amines is 2. The van der Waals surface area contributed by atoms with Gasteiger partial charge in [0.05, 0.1) is 11.3 Å². The van der Waals surface area contributed by atoms with Crippen molar-refractivity contribution in [2.24, 2.45) is 0 Å². The van der Waals surface area contributed by atoms with Gasteiger partial charge in [0.1, 0.15) is 0 Å². The van der Waals surface area contributed by atoms with E-state index in [4.69, 9.17) is 0 Å². The number of hydrogen-bond donors (Lipinski definition) is 2. The van der Waals surface area contributed by atoms with Crippen LogP contribution in [0.2, 0.25) is 0 Å². The summed E-state index contributed by atoms with van der Waals surface area (Å²) in [6, 6.07) is 20.2. The first kappa shape index (κ1) is 16.6. The molecule has 6 nitrogen and oxygen atoms in total. The van der Waals surface area contributed by atoms with E-state index < -0.39 is 0 Å². The molecule has 0 aliphatic carbocycles. The Hall–Kier alpha value is -3.54. The highest BCUT2D eigenvalue weighted by Gasteiger charge is 2.25. The molecule has 1 aliphatic heterocycles. The van der Waals surface area contributed by atoms with Gasteiger partial charge in [-0.05, 0) is 11.6 Å². The van der Waals surface area contributed by atoms with E-state index in [-0.39, 0.29) is 5.91 Å². The third-order valence-corrected chi connectivity index (χ3v) is 5.36. The highest BCUT2D eigenvalue weighted by Crippen LogP contribution is 2.24. The van der Waals surface area contributed by atoms with E-state index in [0.717, 1.165) is 46.6 Å². The number of H-pyrrole nitrogens is 2. The highest BCUT2D eigenvalue weighted by atomic mass is 16.2. The molecule has 4 aromatic rings. The standard InChI is InChI=1S/C22H21N5O/c28-22(18-15-23-19-9-5-4-8-17(18)19)27-12-10-26(11-13-27)21-14-20(24-25-21)16-6-2-1-3-7-16/h1-9,14-15,23H,10-13H2,(H,24,25). The van der Waals surface area contributed by atoms with Crippen LogP contribution in [0.4, 0.5) is 5.82 Å². The Morgan fingerprint density at radius 1 is 0.929 bits per heavy atom. The lowest BCUT2D eigenvalue weighted by atomic mass is 10.1. The summed E-state index contributed by atoms with van der Waals surface area (Å²) < 4.78 is 0. The predicted molar refractivity (Wildman–Crippen MR) is 110 cm³/mol. The summed E-state index contributed by atoms with van der Waals surface area (Å²) in [5.41, 5.74) is 3.87. The van der Waals surface area contributed by atoms with Crippen LogP contribution in [0.15, 0.2) is 66.9 Å². The van der Waals surface area contributed by atoms with Gasteiger partial charge in [0.2, 0.25) is 0 Å². The minimum absolute atomic E-state index is 0.0871. The molecule has 3 heterocycles. The summed E-state index contributed by atoms with van der Waals surface area (Å²) in [4.78, 5) is 20.3. The quantitative estimate of drug-likeness (QED) is 0.579. The van der Waals surface area contributed by atoms with Crippen LogP contribution in [0.25, 0.3) is 22.2 Å². The summed E-state index contributed by atoms with van der Waals surface area (Å²) in [5.74, 6) is 1.02. The summed E-state index contributed by atoms with van der Waals surface area (Å²) >= 11 is 0. The summed E-state index contributed by atoms with van der Waals surface area (Å²) in [7, 11) is 0. The van der Waals surface area contributed by atoms with Gasteiger partial charge in [-0.25, -0.2) is 0 Å². The van der Waals surface area contributed by atoms with E-state index in [0.29, 0.717) is 13.1 Å². The molecule has 6 heteroatoms. The van der Waals surface area contributed by atoms with Crippen molar-refractivity contribution in [2.45, 2.75) is 0 Å². The van der Waals surface area contributed by atoms with E-state index >= 15 is 0 Å². The Bertz CT molecular complexity index is 1110. The number of benzene rings is 2. The van der Waals surface area contributed by atoms with E-state index in [9.17, 15) is 4.79 Å². The molecule has 2 aromatic heterocycles. The van der Waals surface area contributed by atoms with E-state index in [2.05, 4.69) is 38.3 Å². The minimum Gasteiger partial charge on any atom is -0.360 e. The van der Waals surface area contributed by atoms with E-state index in [1.165, 1.54) is 0 Å². The number of rotatable bonds is 3. The Balaban J connectivity index is 1.28. The van der Waals surface area contributed by atoms with Crippen molar-refractivity contribution in [3.05, 3.63) is 72.4 Å². The zero-order chi connectivity index (χ0) is 18.9. The molecule has 0 radical (unpaired) electrons. The van der Waals surface area contributed by atoms with Crippen molar-refractivity contribution < 1.29 is 4.79 Å².